The fraction of sp³-hybridized carbons (Fsp3) is 0.0417. The second-order valence-corrected chi connectivity index (χ2v) is 8.10. The third kappa shape index (κ3) is 1.83. The highest BCUT2D eigenvalue weighted by Crippen LogP contribution is 2.58. The van der Waals surface area contributed by atoms with E-state index in [-0.39, 0.29) is 5.78 Å². The van der Waals surface area contributed by atoms with Crippen LogP contribution in [0.15, 0.2) is 95.2 Å². The van der Waals surface area contributed by atoms with Gasteiger partial charge in [-0.3, -0.25) is 14.8 Å². The molecule has 4 heteroatoms. The van der Waals surface area contributed by atoms with Gasteiger partial charge in [0.05, 0.1) is 5.41 Å². The van der Waals surface area contributed by atoms with Crippen molar-refractivity contribution in [1.82, 2.24) is 9.97 Å². The lowest BCUT2D eigenvalue weighted by Crippen LogP contribution is -2.40. The normalized spacial score (nSPS) is 15.4. The fourth-order valence-electron chi connectivity index (χ4n) is 4.65. The SMILES string of the molecule is O=C1c2ccncc2C2(c3ccccc3Sc3ccccc32)c2cnccc21. The Balaban J connectivity index is 1.88. The summed E-state index contributed by atoms with van der Waals surface area (Å²) in [7, 11) is 0. The van der Waals surface area contributed by atoms with Crippen molar-refractivity contribution in [1.29, 1.82) is 0 Å². The zero-order valence-corrected chi connectivity index (χ0v) is 15.6. The standard InChI is InChI=1S/C24H14N2OS/c27-23-15-9-11-25-13-19(15)24(20-14-26-12-10-16(20)23)17-5-1-3-7-21(17)28-22-8-4-2-6-18(22)24/h1-14H. The second kappa shape index (κ2) is 5.63. The van der Waals surface area contributed by atoms with Gasteiger partial charge in [0, 0.05) is 56.8 Å². The molecule has 2 aliphatic rings. The molecule has 28 heavy (non-hydrogen) atoms. The van der Waals surface area contributed by atoms with Crippen LogP contribution in [0.4, 0.5) is 0 Å². The second-order valence-electron chi connectivity index (χ2n) is 7.02. The lowest BCUT2D eigenvalue weighted by Gasteiger charge is -2.44. The van der Waals surface area contributed by atoms with Crippen LogP contribution >= 0.6 is 11.8 Å². The highest BCUT2D eigenvalue weighted by atomic mass is 32.2. The molecule has 6 rings (SSSR count). The maximum Gasteiger partial charge on any atom is 0.193 e. The Morgan fingerprint density at radius 1 is 0.643 bits per heavy atom. The van der Waals surface area contributed by atoms with Gasteiger partial charge in [-0.25, -0.2) is 0 Å². The summed E-state index contributed by atoms with van der Waals surface area (Å²) in [4.78, 5) is 24.5. The highest BCUT2D eigenvalue weighted by molar-refractivity contribution is 7.99. The molecule has 4 aromatic rings. The first kappa shape index (κ1) is 15.8. The zero-order chi connectivity index (χ0) is 18.7. The summed E-state index contributed by atoms with van der Waals surface area (Å²) in [6.45, 7) is 0. The largest absolute Gasteiger partial charge is 0.289 e. The van der Waals surface area contributed by atoms with Crippen molar-refractivity contribution in [2.45, 2.75) is 15.2 Å². The summed E-state index contributed by atoms with van der Waals surface area (Å²) in [6, 6.07) is 20.6. The predicted molar refractivity (Wildman–Crippen MR) is 108 cm³/mol. The maximum atomic E-state index is 13.3. The molecular weight excluding hydrogens is 364 g/mol. The number of benzene rings is 2. The molecule has 0 fully saturated rings. The van der Waals surface area contributed by atoms with Gasteiger partial charge in [0.2, 0.25) is 0 Å². The van der Waals surface area contributed by atoms with Crippen LogP contribution in [0.25, 0.3) is 0 Å². The van der Waals surface area contributed by atoms with Gasteiger partial charge in [0.1, 0.15) is 0 Å². The van der Waals surface area contributed by atoms with E-state index in [2.05, 4.69) is 58.5 Å². The third-order valence-corrected chi connectivity index (χ3v) is 6.89. The van der Waals surface area contributed by atoms with E-state index in [4.69, 9.17) is 0 Å². The molecule has 132 valence electrons. The first-order valence-electron chi connectivity index (χ1n) is 9.12. The predicted octanol–water partition coefficient (Wildman–Crippen LogP) is 4.87. The van der Waals surface area contributed by atoms with Gasteiger partial charge in [0.15, 0.2) is 5.78 Å². The molecule has 2 aromatic heterocycles. The monoisotopic (exact) mass is 378 g/mol. The van der Waals surface area contributed by atoms with Crippen molar-refractivity contribution >= 4 is 17.5 Å². The Bertz CT molecular complexity index is 1180. The summed E-state index contributed by atoms with van der Waals surface area (Å²) in [5, 5.41) is 0. The summed E-state index contributed by atoms with van der Waals surface area (Å²) in [6.07, 6.45) is 7.11. The number of nitrogens with zero attached hydrogens (tertiary/aromatic N) is 2. The minimum absolute atomic E-state index is 0.0358. The Hall–Kier alpha value is -3.24. The van der Waals surface area contributed by atoms with Crippen LogP contribution in [-0.4, -0.2) is 15.8 Å². The van der Waals surface area contributed by atoms with Gasteiger partial charge >= 0.3 is 0 Å². The molecule has 3 heterocycles. The van der Waals surface area contributed by atoms with Crippen LogP contribution in [-0.2, 0) is 5.41 Å². The average molecular weight is 378 g/mol. The quantitative estimate of drug-likeness (QED) is 0.378. The molecule has 0 amide bonds. The Kier molecular flexibility index (Phi) is 3.17. The summed E-state index contributed by atoms with van der Waals surface area (Å²) in [5.74, 6) is 0.0358. The average Bonchev–Trinajstić information content (AvgIpc) is 2.77. The van der Waals surface area contributed by atoms with E-state index < -0.39 is 5.41 Å². The van der Waals surface area contributed by atoms with Gasteiger partial charge in [0.25, 0.3) is 0 Å². The number of ketones is 1. The maximum absolute atomic E-state index is 13.3. The number of pyridine rings is 2. The van der Waals surface area contributed by atoms with E-state index in [1.54, 1.807) is 24.2 Å². The molecule has 0 saturated carbocycles. The van der Waals surface area contributed by atoms with Crippen molar-refractivity contribution in [2.24, 2.45) is 0 Å². The smallest absolute Gasteiger partial charge is 0.193 e. The number of aromatic nitrogens is 2. The summed E-state index contributed by atoms with van der Waals surface area (Å²) in [5.41, 5.74) is 5.04. The molecule has 1 spiro atoms. The molecule has 0 unspecified atom stereocenters. The summed E-state index contributed by atoms with van der Waals surface area (Å²) < 4.78 is 0. The molecule has 0 atom stereocenters. The molecule has 0 N–H and O–H groups in total. The Morgan fingerprint density at radius 2 is 1.14 bits per heavy atom. The third-order valence-electron chi connectivity index (χ3n) is 5.74. The van der Waals surface area contributed by atoms with Crippen LogP contribution in [0.5, 0.6) is 0 Å². The van der Waals surface area contributed by atoms with E-state index in [9.17, 15) is 4.79 Å². The minimum atomic E-state index is -0.598. The zero-order valence-electron chi connectivity index (χ0n) is 14.8. The van der Waals surface area contributed by atoms with Crippen molar-refractivity contribution in [3.05, 3.63) is 119 Å². The van der Waals surface area contributed by atoms with Crippen LogP contribution in [0.3, 0.4) is 0 Å². The van der Waals surface area contributed by atoms with E-state index in [0.29, 0.717) is 11.1 Å². The van der Waals surface area contributed by atoms with Crippen LogP contribution in [0.2, 0.25) is 0 Å². The lowest BCUT2D eigenvalue weighted by molar-refractivity contribution is 0.103. The van der Waals surface area contributed by atoms with Crippen molar-refractivity contribution in [3.8, 4) is 0 Å². The number of hydrogen-bond donors (Lipinski definition) is 0. The number of carbonyl (C=O) groups excluding carboxylic acids is 1. The molecule has 2 aromatic carbocycles. The van der Waals surface area contributed by atoms with Gasteiger partial charge < -0.3 is 0 Å². The summed E-state index contributed by atoms with van der Waals surface area (Å²) >= 11 is 1.77. The van der Waals surface area contributed by atoms with E-state index in [1.165, 1.54) is 20.9 Å². The Labute approximate surface area is 166 Å². The molecule has 3 nitrogen and oxygen atoms in total. The minimum Gasteiger partial charge on any atom is -0.289 e. The van der Waals surface area contributed by atoms with Crippen molar-refractivity contribution in [2.75, 3.05) is 0 Å². The van der Waals surface area contributed by atoms with Crippen LogP contribution in [0.1, 0.15) is 38.2 Å². The first-order chi connectivity index (χ1) is 13.8. The lowest BCUT2D eigenvalue weighted by atomic mass is 9.60. The molecule has 0 saturated heterocycles. The van der Waals surface area contributed by atoms with E-state index >= 15 is 0 Å². The van der Waals surface area contributed by atoms with Gasteiger partial charge in [-0.2, -0.15) is 0 Å². The number of rotatable bonds is 0. The molecule has 1 aliphatic carbocycles. The fourth-order valence-corrected chi connectivity index (χ4v) is 5.84. The van der Waals surface area contributed by atoms with Crippen LogP contribution < -0.4 is 0 Å². The number of fused-ring (bicyclic) bond motifs is 8. The van der Waals surface area contributed by atoms with Crippen LogP contribution in [0, 0.1) is 0 Å². The van der Waals surface area contributed by atoms with Crippen molar-refractivity contribution in [3.63, 3.8) is 0 Å². The highest BCUT2D eigenvalue weighted by Gasteiger charge is 2.50. The Morgan fingerprint density at radius 3 is 1.68 bits per heavy atom. The molecule has 0 radical (unpaired) electrons. The van der Waals surface area contributed by atoms with Gasteiger partial charge in [-0.05, 0) is 35.4 Å². The topological polar surface area (TPSA) is 42.9 Å². The van der Waals surface area contributed by atoms with Gasteiger partial charge in [-0.15, -0.1) is 0 Å². The van der Waals surface area contributed by atoms with Gasteiger partial charge in [-0.1, -0.05) is 48.2 Å². The van der Waals surface area contributed by atoms with E-state index in [1.807, 2.05) is 24.5 Å². The molecule has 1 aliphatic heterocycles. The van der Waals surface area contributed by atoms with Crippen molar-refractivity contribution < 1.29 is 4.79 Å². The molecular formula is C24H14N2OS. The number of hydrogen-bond acceptors (Lipinski definition) is 4. The molecule has 0 bridgehead atoms. The first-order valence-corrected chi connectivity index (χ1v) is 9.94. The number of carbonyl (C=O) groups is 1. The van der Waals surface area contributed by atoms with E-state index in [0.717, 1.165) is 11.1 Å².